The predicted molar refractivity (Wildman–Crippen MR) is 146 cm³/mol. The molecule has 1 aliphatic rings. The number of benzene rings is 3. The van der Waals surface area contributed by atoms with Crippen LogP contribution in [0.3, 0.4) is 0 Å². The van der Waals surface area contributed by atoms with E-state index in [4.69, 9.17) is 0 Å². The largest absolute Gasteiger partial charge is 0.416 e. The van der Waals surface area contributed by atoms with Crippen LogP contribution >= 0.6 is 0 Å². The fourth-order valence-corrected chi connectivity index (χ4v) is 5.13. The van der Waals surface area contributed by atoms with Crippen LogP contribution in [-0.4, -0.2) is 47.1 Å². The summed E-state index contributed by atoms with van der Waals surface area (Å²) in [5.41, 5.74) is -0.136. The molecule has 0 aliphatic carbocycles. The summed E-state index contributed by atoms with van der Waals surface area (Å²) in [6, 6.07) is 16.5. The molecule has 3 aromatic carbocycles. The molecule has 0 fully saturated rings. The van der Waals surface area contributed by atoms with Crippen LogP contribution in [0.4, 0.5) is 23.4 Å². The number of alkyl halides is 3. The van der Waals surface area contributed by atoms with Crippen LogP contribution in [0.1, 0.15) is 50.4 Å². The summed E-state index contributed by atoms with van der Waals surface area (Å²) in [5, 5.41) is 9.72. The van der Waals surface area contributed by atoms with Gasteiger partial charge in [-0.2, -0.15) is 18.3 Å². The van der Waals surface area contributed by atoms with Crippen LogP contribution in [0.5, 0.6) is 0 Å². The Hall–Kier alpha value is -5.00. The van der Waals surface area contributed by atoms with Gasteiger partial charge in [0.25, 0.3) is 17.7 Å². The van der Waals surface area contributed by atoms with Gasteiger partial charge in [0.15, 0.2) is 5.69 Å². The number of amides is 3. The average molecular weight is 580 g/mol. The van der Waals surface area contributed by atoms with Crippen molar-refractivity contribution in [3.05, 3.63) is 113 Å². The Morgan fingerprint density at radius 1 is 0.952 bits per heavy atom. The standard InChI is InChI=1S/C30H25F4N5O3/c1-3-38-28-23(24(27(41)35-2)37-39(28)21-10-5-4-6-11-21)22(17-12-14-20(31)15-13-17)25(29(38)42)36-26(40)18-8-7-9-19(16-18)30(32,33)34/h4-16,22,25H,3H2,1-2H3,(H,35,41)(H,36,40). The summed E-state index contributed by atoms with van der Waals surface area (Å²) in [4.78, 5) is 42.0. The van der Waals surface area contributed by atoms with E-state index in [9.17, 15) is 31.9 Å². The first-order chi connectivity index (χ1) is 20.0. The molecule has 2 heterocycles. The van der Waals surface area contributed by atoms with E-state index in [1.807, 2.05) is 0 Å². The molecule has 0 bridgehead atoms. The number of likely N-dealkylation sites (N-methyl/N-ethyl adjacent to an activating group) is 1. The molecule has 1 aromatic heterocycles. The van der Waals surface area contributed by atoms with Crippen molar-refractivity contribution in [3.63, 3.8) is 0 Å². The Balaban J connectivity index is 1.72. The number of carbonyl (C=O) groups is 3. The van der Waals surface area contributed by atoms with Gasteiger partial charge >= 0.3 is 6.18 Å². The van der Waals surface area contributed by atoms with Gasteiger partial charge in [0.2, 0.25) is 0 Å². The van der Waals surface area contributed by atoms with Gasteiger partial charge < -0.3 is 10.6 Å². The maximum absolute atomic E-state index is 14.1. The summed E-state index contributed by atoms with van der Waals surface area (Å²) >= 11 is 0. The third-order valence-electron chi connectivity index (χ3n) is 7.06. The zero-order valence-electron chi connectivity index (χ0n) is 22.4. The topological polar surface area (TPSA) is 96.3 Å². The zero-order chi connectivity index (χ0) is 30.2. The van der Waals surface area contributed by atoms with Crippen molar-refractivity contribution in [2.75, 3.05) is 18.5 Å². The number of para-hydroxylation sites is 1. The van der Waals surface area contributed by atoms with E-state index in [0.29, 0.717) is 22.9 Å². The van der Waals surface area contributed by atoms with Crippen LogP contribution in [0.15, 0.2) is 78.9 Å². The second-order valence-corrected chi connectivity index (χ2v) is 9.55. The van der Waals surface area contributed by atoms with Gasteiger partial charge in [-0.3, -0.25) is 19.3 Å². The number of hydrogen-bond donors (Lipinski definition) is 2. The minimum atomic E-state index is -4.68. The van der Waals surface area contributed by atoms with E-state index < -0.39 is 47.2 Å². The number of nitrogens with zero attached hydrogens (tertiary/aromatic N) is 3. The lowest BCUT2D eigenvalue weighted by Crippen LogP contribution is -2.55. The SMILES string of the molecule is CCN1C(=O)C(NC(=O)c2cccc(C(F)(F)F)c2)C(c2ccc(F)cc2)c2c(C(=O)NC)nn(-c3ccccc3)c21. The van der Waals surface area contributed by atoms with Crippen molar-refractivity contribution in [3.8, 4) is 5.69 Å². The Morgan fingerprint density at radius 3 is 2.26 bits per heavy atom. The first-order valence-electron chi connectivity index (χ1n) is 13.0. The lowest BCUT2D eigenvalue weighted by molar-refractivity contribution is -0.137. The third kappa shape index (κ3) is 5.11. The van der Waals surface area contributed by atoms with Gasteiger partial charge in [-0.25, -0.2) is 9.07 Å². The fraction of sp³-hybridized carbons (Fsp3) is 0.200. The summed E-state index contributed by atoms with van der Waals surface area (Å²) in [5.74, 6) is -3.39. The molecule has 2 atom stereocenters. The molecule has 0 saturated heterocycles. The highest BCUT2D eigenvalue weighted by Gasteiger charge is 2.47. The van der Waals surface area contributed by atoms with Crippen molar-refractivity contribution in [2.24, 2.45) is 0 Å². The molecule has 5 rings (SSSR count). The van der Waals surface area contributed by atoms with Gasteiger partial charge in [0.1, 0.15) is 17.7 Å². The van der Waals surface area contributed by atoms with Crippen molar-refractivity contribution < 1.29 is 31.9 Å². The van der Waals surface area contributed by atoms with Crippen LogP contribution in [0.25, 0.3) is 5.69 Å². The first kappa shape index (κ1) is 28.5. The lowest BCUT2D eigenvalue weighted by atomic mass is 9.80. The predicted octanol–water partition coefficient (Wildman–Crippen LogP) is 4.69. The molecule has 0 saturated carbocycles. The van der Waals surface area contributed by atoms with Crippen molar-refractivity contribution in [1.82, 2.24) is 20.4 Å². The highest BCUT2D eigenvalue weighted by molar-refractivity contribution is 6.07. The van der Waals surface area contributed by atoms with E-state index in [0.717, 1.165) is 12.1 Å². The molecule has 8 nitrogen and oxygen atoms in total. The van der Waals surface area contributed by atoms with Gasteiger partial charge in [-0.05, 0) is 55.0 Å². The van der Waals surface area contributed by atoms with Gasteiger partial charge in [-0.15, -0.1) is 0 Å². The Bertz CT molecular complexity index is 1650. The number of nitrogens with one attached hydrogen (secondary N) is 2. The van der Waals surface area contributed by atoms with Crippen LogP contribution in [0.2, 0.25) is 0 Å². The fourth-order valence-electron chi connectivity index (χ4n) is 5.13. The van der Waals surface area contributed by atoms with Crippen LogP contribution in [-0.2, 0) is 11.0 Å². The number of rotatable bonds is 6. The maximum atomic E-state index is 14.1. The number of carbonyl (C=O) groups excluding carboxylic acids is 3. The molecular formula is C30H25F4N5O3. The lowest BCUT2D eigenvalue weighted by Gasteiger charge is -2.38. The minimum Gasteiger partial charge on any atom is -0.354 e. The molecule has 2 N–H and O–H groups in total. The van der Waals surface area contributed by atoms with Crippen molar-refractivity contribution in [1.29, 1.82) is 0 Å². The maximum Gasteiger partial charge on any atom is 0.416 e. The second-order valence-electron chi connectivity index (χ2n) is 9.55. The number of halogens is 4. The molecule has 3 amide bonds. The monoisotopic (exact) mass is 579 g/mol. The Kier molecular flexibility index (Phi) is 7.55. The van der Waals surface area contributed by atoms with E-state index in [-0.39, 0.29) is 23.6 Å². The first-order valence-corrected chi connectivity index (χ1v) is 13.0. The molecule has 0 radical (unpaired) electrons. The number of aromatic nitrogens is 2. The number of hydrogen-bond acceptors (Lipinski definition) is 4. The van der Waals surface area contributed by atoms with Crippen LogP contribution in [0, 0.1) is 5.82 Å². The van der Waals surface area contributed by atoms with E-state index in [1.165, 1.54) is 47.0 Å². The summed E-state index contributed by atoms with van der Waals surface area (Å²) in [7, 11) is 1.42. The van der Waals surface area contributed by atoms with Crippen LogP contribution < -0.4 is 15.5 Å². The van der Waals surface area contributed by atoms with E-state index in [1.54, 1.807) is 37.3 Å². The smallest absolute Gasteiger partial charge is 0.354 e. The minimum absolute atomic E-state index is 0.0325. The van der Waals surface area contributed by atoms with Gasteiger partial charge in [0, 0.05) is 30.6 Å². The van der Waals surface area contributed by atoms with Gasteiger partial charge in [-0.1, -0.05) is 36.4 Å². The molecule has 216 valence electrons. The Labute approximate surface area is 237 Å². The number of fused-ring (bicyclic) bond motifs is 1. The molecule has 2 unspecified atom stereocenters. The zero-order valence-corrected chi connectivity index (χ0v) is 22.4. The summed E-state index contributed by atoms with van der Waals surface area (Å²) < 4.78 is 55.5. The van der Waals surface area contributed by atoms with Crippen molar-refractivity contribution in [2.45, 2.75) is 25.1 Å². The molecule has 42 heavy (non-hydrogen) atoms. The van der Waals surface area contributed by atoms with E-state index >= 15 is 0 Å². The molecular weight excluding hydrogens is 554 g/mol. The summed E-state index contributed by atoms with van der Waals surface area (Å²) in [6.07, 6.45) is -4.68. The summed E-state index contributed by atoms with van der Waals surface area (Å²) in [6.45, 7) is 1.82. The quantitative estimate of drug-likeness (QED) is 0.324. The van der Waals surface area contributed by atoms with E-state index in [2.05, 4.69) is 15.7 Å². The Morgan fingerprint density at radius 2 is 1.64 bits per heavy atom. The third-order valence-corrected chi connectivity index (χ3v) is 7.06. The molecule has 0 spiro atoms. The van der Waals surface area contributed by atoms with Gasteiger partial charge in [0.05, 0.1) is 11.3 Å². The highest BCUT2D eigenvalue weighted by Crippen LogP contribution is 2.43. The molecule has 12 heteroatoms. The second kappa shape index (κ2) is 11.1. The normalized spacial score (nSPS) is 16.6. The highest BCUT2D eigenvalue weighted by atomic mass is 19.4. The molecule has 1 aliphatic heterocycles. The molecule has 4 aromatic rings. The average Bonchev–Trinajstić information content (AvgIpc) is 3.38. The number of anilines is 1. The van der Waals surface area contributed by atoms with Crippen molar-refractivity contribution >= 4 is 23.5 Å².